The van der Waals surface area contributed by atoms with E-state index in [2.05, 4.69) is 12.2 Å². The fraction of sp³-hybridized carbons (Fsp3) is 0.500. The molecule has 0 radical (unpaired) electrons. The smallest absolute Gasteiger partial charge is 0.256 e. The molecule has 2 aromatic carbocycles. The molecule has 0 aliphatic rings. The Kier molecular flexibility index (Phi) is 7.04. The second-order valence-electron chi connectivity index (χ2n) is 7.17. The Morgan fingerprint density at radius 3 is 2.42 bits per heavy atom. The van der Waals surface area contributed by atoms with Gasteiger partial charge in [0.05, 0.1) is 6.10 Å². The van der Waals surface area contributed by atoms with Gasteiger partial charge in [0.25, 0.3) is 5.91 Å². The molecule has 4 nitrogen and oxygen atoms in total. The van der Waals surface area contributed by atoms with Gasteiger partial charge in [-0.1, -0.05) is 50.5 Å². The highest BCUT2D eigenvalue weighted by molar-refractivity contribution is 6.06. The summed E-state index contributed by atoms with van der Waals surface area (Å²) in [6.07, 6.45) is 3.97. The second-order valence-corrected chi connectivity index (χ2v) is 7.17. The summed E-state index contributed by atoms with van der Waals surface area (Å²) < 4.78 is 11.5. The molecular formula is C22H31NO3. The number of benzene rings is 2. The zero-order valence-electron chi connectivity index (χ0n) is 16.6. The first-order valence-corrected chi connectivity index (χ1v) is 9.46. The van der Waals surface area contributed by atoms with E-state index in [0.717, 1.165) is 41.5 Å². The number of hydrogen-bond donors (Lipinski definition) is 1. The third-order valence-electron chi connectivity index (χ3n) is 4.68. The molecule has 0 heterocycles. The van der Waals surface area contributed by atoms with Crippen LogP contribution in [0.1, 0.15) is 53.4 Å². The third-order valence-corrected chi connectivity index (χ3v) is 4.68. The Balaban J connectivity index is 2.28. The summed E-state index contributed by atoms with van der Waals surface area (Å²) in [5.41, 5.74) is -0.0518. The molecule has 0 aliphatic heterocycles. The molecule has 0 aliphatic carbocycles. The lowest BCUT2D eigenvalue weighted by molar-refractivity contribution is -0.136. The normalized spacial score (nSPS) is 13.6. The van der Waals surface area contributed by atoms with Crippen LogP contribution in [0.15, 0.2) is 36.4 Å². The molecule has 0 bridgehead atoms. The van der Waals surface area contributed by atoms with Crippen molar-refractivity contribution in [2.45, 2.75) is 65.1 Å². The molecule has 1 N–H and O–H groups in total. The van der Waals surface area contributed by atoms with Crippen molar-refractivity contribution in [2.75, 3.05) is 12.4 Å². The SMILES string of the molecule is CCCCC[C@](C)(OC)C(=O)Nc1ccc(OC(C)C)c2ccccc12. The molecule has 142 valence electrons. The summed E-state index contributed by atoms with van der Waals surface area (Å²) in [5.74, 6) is 0.713. The fourth-order valence-electron chi connectivity index (χ4n) is 3.01. The molecule has 1 amide bonds. The van der Waals surface area contributed by atoms with Crippen molar-refractivity contribution < 1.29 is 14.3 Å². The minimum atomic E-state index is -0.830. The van der Waals surface area contributed by atoms with E-state index in [4.69, 9.17) is 9.47 Å². The van der Waals surface area contributed by atoms with Gasteiger partial charge in [-0.05, 0) is 39.3 Å². The predicted octanol–water partition coefficient (Wildman–Crippen LogP) is 5.55. The van der Waals surface area contributed by atoms with Crippen molar-refractivity contribution in [2.24, 2.45) is 0 Å². The number of methoxy groups -OCH3 is 1. The molecule has 26 heavy (non-hydrogen) atoms. The zero-order valence-corrected chi connectivity index (χ0v) is 16.6. The number of rotatable bonds is 9. The molecule has 0 spiro atoms. The first-order chi connectivity index (χ1) is 12.4. The van der Waals surface area contributed by atoms with Gasteiger partial charge < -0.3 is 14.8 Å². The average molecular weight is 357 g/mol. The summed E-state index contributed by atoms with van der Waals surface area (Å²) in [4.78, 5) is 12.9. The van der Waals surface area contributed by atoms with E-state index in [0.29, 0.717) is 6.42 Å². The number of carbonyl (C=O) groups is 1. The quantitative estimate of drug-likeness (QED) is 0.598. The zero-order chi connectivity index (χ0) is 19.2. The van der Waals surface area contributed by atoms with Gasteiger partial charge in [-0.2, -0.15) is 0 Å². The topological polar surface area (TPSA) is 47.6 Å². The molecule has 0 saturated heterocycles. The van der Waals surface area contributed by atoms with Crippen LogP contribution in [0.25, 0.3) is 10.8 Å². The van der Waals surface area contributed by atoms with Gasteiger partial charge in [0.1, 0.15) is 11.4 Å². The summed E-state index contributed by atoms with van der Waals surface area (Å²) in [7, 11) is 1.60. The molecule has 2 rings (SSSR count). The van der Waals surface area contributed by atoms with E-state index in [9.17, 15) is 4.79 Å². The standard InChI is InChI=1S/C22H31NO3/c1-6-7-10-15-22(4,25-5)21(24)23-19-13-14-20(26-16(2)3)18-12-9-8-11-17(18)19/h8-9,11-14,16H,6-7,10,15H2,1-5H3,(H,23,24)/t22-/m0/s1. The molecule has 0 saturated carbocycles. The number of amides is 1. The average Bonchev–Trinajstić information content (AvgIpc) is 2.63. The van der Waals surface area contributed by atoms with Crippen LogP contribution in [-0.2, 0) is 9.53 Å². The highest BCUT2D eigenvalue weighted by Crippen LogP contribution is 2.33. The molecular weight excluding hydrogens is 326 g/mol. The summed E-state index contributed by atoms with van der Waals surface area (Å²) in [5, 5.41) is 5.02. The van der Waals surface area contributed by atoms with Crippen LogP contribution < -0.4 is 10.1 Å². The summed E-state index contributed by atoms with van der Waals surface area (Å²) in [6.45, 7) is 8.02. The summed E-state index contributed by atoms with van der Waals surface area (Å²) >= 11 is 0. The maximum absolute atomic E-state index is 12.9. The van der Waals surface area contributed by atoms with E-state index in [1.165, 1.54) is 0 Å². The van der Waals surface area contributed by atoms with Crippen molar-refractivity contribution in [3.8, 4) is 5.75 Å². The van der Waals surface area contributed by atoms with Gasteiger partial charge in [0, 0.05) is 23.6 Å². The van der Waals surface area contributed by atoms with E-state index < -0.39 is 5.60 Å². The van der Waals surface area contributed by atoms with Crippen molar-refractivity contribution in [3.05, 3.63) is 36.4 Å². The lowest BCUT2D eigenvalue weighted by Gasteiger charge is -2.27. The van der Waals surface area contributed by atoms with Crippen LogP contribution >= 0.6 is 0 Å². The Morgan fingerprint density at radius 2 is 1.81 bits per heavy atom. The minimum Gasteiger partial charge on any atom is -0.490 e. The van der Waals surface area contributed by atoms with Crippen LogP contribution in [0.4, 0.5) is 5.69 Å². The van der Waals surface area contributed by atoms with Crippen LogP contribution in [0, 0.1) is 0 Å². The molecule has 1 atom stereocenters. The molecule has 2 aromatic rings. The van der Waals surface area contributed by atoms with Gasteiger partial charge >= 0.3 is 0 Å². The van der Waals surface area contributed by atoms with E-state index in [1.54, 1.807) is 7.11 Å². The Bertz CT molecular complexity index is 741. The number of ether oxygens (including phenoxy) is 2. The number of unbranched alkanes of at least 4 members (excludes halogenated alkanes) is 2. The molecule has 0 aromatic heterocycles. The highest BCUT2D eigenvalue weighted by Gasteiger charge is 2.32. The maximum atomic E-state index is 12.9. The lowest BCUT2D eigenvalue weighted by Crippen LogP contribution is -2.42. The van der Waals surface area contributed by atoms with Gasteiger partial charge in [-0.15, -0.1) is 0 Å². The fourth-order valence-corrected chi connectivity index (χ4v) is 3.01. The van der Waals surface area contributed by atoms with Gasteiger partial charge in [-0.3, -0.25) is 4.79 Å². The monoisotopic (exact) mass is 357 g/mol. The molecule has 0 fully saturated rings. The largest absolute Gasteiger partial charge is 0.490 e. The van der Waals surface area contributed by atoms with Crippen LogP contribution in [0.5, 0.6) is 5.75 Å². The Labute approximate surface area is 156 Å². The van der Waals surface area contributed by atoms with E-state index in [1.807, 2.05) is 57.2 Å². The Morgan fingerprint density at radius 1 is 1.12 bits per heavy atom. The number of nitrogens with one attached hydrogen (secondary N) is 1. The number of fused-ring (bicyclic) bond motifs is 1. The molecule has 0 unspecified atom stereocenters. The van der Waals surface area contributed by atoms with Crippen LogP contribution in [0.3, 0.4) is 0 Å². The van der Waals surface area contributed by atoms with Crippen LogP contribution in [0.2, 0.25) is 0 Å². The van der Waals surface area contributed by atoms with Gasteiger partial charge in [-0.25, -0.2) is 0 Å². The summed E-state index contributed by atoms with van der Waals surface area (Å²) in [6, 6.07) is 11.8. The van der Waals surface area contributed by atoms with Crippen molar-refractivity contribution in [1.82, 2.24) is 0 Å². The van der Waals surface area contributed by atoms with Crippen molar-refractivity contribution in [3.63, 3.8) is 0 Å². The third kappa shape index (κ3) is 4.76. The second kappa shape index (κ2) is 9.04. The highest BCUT2D eigenvalue weighted by atomic mass is 16.5. The van der Waals surface area contributed by atoms with Crippen molar-refractivity contribution >= 4 is 22.4 Å². The number of carbonyl (C=O) groups excluding carboxylic acids is 1. The number of anilines is 1. The molecule has 4 heteroatoms. The predicted molar refractivity (Wildman–Crippen MR) is 108 cm³/mol. The first kappa shape index (κ1) is 20.2. The number of hydrogen-bond acceptors (Lipinski definition) is 3. The lowest BCUT2D eigenvalue weighted by atomic mass is 9.96. The van der Waals surface area contributed by atoms with E-state index >= 15 is 0 Å². The van der Waals surface area contributed by atoms with Gasteiger partial charge in [0.15, 0.2) is 0 Å². The van der Waals surface area contributed by atoms with Crippen LogP contribution in [-0.4, -0.2) is 24.7 Å². The maximum Gasteiger partial charge on any atom is 0.256 e. The Hall–Kier alpha value is -2.07. The van der Waals surface area contributed by atoms with Crippen molar-refractivity contribution in [1.29, 1.82) is 0 Å². The minimum absolute atomic E-state index is 0.0918. The van der Waals surface area contributed by atoms with E-state index in [-0.39, 0.29) is 12.0 Å². The first-order valence-electron chi connectivity index (χ1n) is 9.46. The van der Waals surface area contributed by atoms with Gasteiger partial charge in [0.2, 0.25) is 0 Å².